The molecular weight excluding hydrogens is 202 g/mol. The molecule has 0 aromatic rings. The second kappa shape index (κ2) is 3.15. The first kappa shape index (κ1) is 9.83. The maximum Gasteiger partial charge on any atom is 0.302 e. The number of β-lactam (4-membered cyclic amide) rings is 1. The number of nitrogens with zero attached hydrogens (tertiary/aromatic N) is 1. The average Bonchev–Trinajstić information content (AvgIpc) is 2.37. The van der Waals surface area contributed by atoms with Gasteiger partial charge in [0.05, 0.1) is 16.5 Å². The predicted octanol–water partition coefficient (Wildman–Crippen LogP) is 0.613. The van der Waals surface area contributed by atoms with Crippen LogP contribution in [0.25, 0.3) is 0 Å². The summed E-state index contributed by atoms with van der Waals surface area (Å²) in [6.45, 7) is 4.54. The van der Waals surface area contributed by atoms with Crippen molar-refractivity contribution in [2.75, 3.05) is 13.2 Å². The normalized spacial score (nSPS) is 35.1. The van der Waals surface area contributed by atoms with E-state index in [9.17, 15) is 9.59 Å². The number of thioether (sulfide) groups is 1. The lowest BCUT2D eigenvalue weighted by atomic mass is 10.1. The van der Waals surface area contributed by atoms with E-state index in [4.69, 9.17) is 4.74 Å². The van der Waals surface area contributed by atoms with Crippen molar-refractivity contribution >= 4 is 23.6 Å². The van der Waals surface area contributed by atoms with Crippen molar-refractivity contribution in [3.8, 4) is 0 Å². The zero-order chi connectivity index (χ0) is 10.3. The Bertz CT molecular complexity index is 294. The van der Waals surface area contributed by atoms with Gasteiger partial charge in [-0.1, -0.05) is 0 Å². The highest BCUT2D eigenvalue weighted by molar-refractivity contribution is 8.01. The summed E-state index contributed by atoms with van der Waals surface area (Å²) in [6, 6.07) is 0. The third kappa shape index (κ3) is 1.61. The van der Waals surface area contributed by atoms with Crippen LogP contribution in [0.2, 0.25) is 0 Å². The van der Waals surface area contributed by atoms with Crippen LogP contribution < -0.4 is 0 Å². The maximum absolute atomic E-state index is 11.1. The SMILES string of the molecule is CC(=O)OCC1(C)CN2C(=O)C[C@H]2S1. The van der Waals surface area contributed by atoms with Crippen LogP contribution in [0.3, 0.4) is 0 Å². The molecule has 1 unspecified atom stereocenters. The topological polar surface area (TPSA) is 46.6 Å². The Balaban J connectivity index is 1.92. The summed E-state index contributed by atoms with van der Waals surface area (Å²) in [7, 11) is 0. The number of amides is 1. The number of rotatable bonds is 2. The van der Waals surface area contributed by atoms with Gasteiger partial charge in [-0.2, -0.15) is 0 Å². The molecule has 2 fully saturated rings. The molecule has 0 aromatic heterocycles. The van der Waals surface area contributed by atoms with E-state index in [1.807, 2.05) is 11.8 Å². The molecule has 0 radical (unpaired) electrons. The van der Waals surface area contributed by atoms with Crippen molar-refractivity contribution < 1.29 is 14.3 Å². The standard InChI is InChI=1S/C9H13NO3S/c1-6(11)13-5-9(2)4-10-7(12)3-8(10)14-9/h8H,3-5H2,1-2H3/t8-,9?/m1/s1. The number of carbonyl (C=O) groups excluding carboxylic acids is 2. The minimum absolute atomic E-state index is 0.109. The molecular formula is C9H13NO3S. The highest BCUT2D eigenvalue weighted by Crippen LogP contribution is 2.46. The Morgan fingerprint density at radius 1 is 1.79 bits per heavy atom. The van der Waals surface area contributed by atoms with Gasteiger partial charge in [0, 0.05) is 13.5 Å². The van der Waals surface area contributed by atoms with Crippen LogP contribution in [-0.4, -0.2) is 40.0 Å². The zero-order valence-corrected chi connectivity index (χ0v) is 9.10. The van der Waals surface area contributed by atoms with Crippen molar-refractivity contribution in [1.29, 1.82) is 0 Å². The molecule has 14 heavy (non-hydrogen) atoms. The van der Waals surface area contributed by atoms with Gasteiger partial charge in [0.15, 0.2) is 0 Å². The Morgan fingerprint density at radius 2 is 2.50 bits per heavy atom. The highest BCUT2D eigenvalue weighted by atomic mass is 32.2. The highest BCUT2D eigenvalue weighted by Gasteiger charge is 2.50. The van der Waals surface area contributed by atoms with E-state index in [2.05, 4.69) is 0 Å². The lowest BCUT2D eigenvalue weighted by Gasteiger charge is -2.32. The number of carbonyl (C=O) groups is 2. The summed E-state index contributed by atoms with van der Waals surface area (Å²) >= 11 is 1.74. The number of hydrogen-bond acceptors (Lipinski definition) is 4. The molecule has 78 valence electrons. The van der Waals surface area contributed by atoms with Gasteiger partial charge in [0.1, 0.15) is 6.61 Å². The molecule has 0 spiro atoms. The molecule has 4 nitrogen and oxygen atoms in total. The van der Waals surface area contributed by atoms with E-state index in [-0.39, 0.29) is 16.6 Å². The third-order valence-corrected chi connectivity index (χ3v) is 4.03. The largest absolute Gasteiger partial charge is 0.464 e. The molecule has 5 heteroatoms. The maximum atomic E-state index is 11.1. The minimum Gasteiger partial charge on any atom is -0.464 e. The van der Waals surface area contributed by atoms with Crippen LogP contribution in [0.4, 0.5) is 0 Å². The Kier molecular flexibility index (Phi) is 2.21. The smallest absolute Gasteiger partial charge is 0.302 e. The second-order valence-corrected chi connectivity index (χ2v) is 5.79. The van der Waals surface area contributed by atoms with Crippen LogP contribution in [0.15, 0.2) is 0 Å². The molecule has 1 amide bonds. The molecule has 2 atom stereocenters. The van der Waals surface area contributed by atoms with Gasteiger partial charge in [-0.3, -0.25) is 9.59 Å². The van der Waals surface area contributed by atoms with Crippen molar-refractivity contribution in [3.63, 3.8) is 0 Å². The van der Waals surface area contributed by atoms with Gasteiger partial charge in [-0.25, -0.2) is 0 Å². The number of ether oxygens (including phenoxy) is 1. The minimum atomic E-state index is -0.257. The van der Waals surface area contributed by atoms with E-state index in [1.165, 1.54) is 6.92 Å². The predicted molar refractivity (Wildman–Crippen MR) is 52.7 cm³/mol. The van der Waals surface area contributed by atoms with Gasteiger partial charge in [-0.05, 0) is 6.92 Å². The molecule has 2 aliphatic rings. The van der Waals surface area contributed by atoms with E-state index >= 15 is 0 Å². The second-order valence-electron chi connectivity index (χ2n) is 4.03. The summed E-state index contributed by atoms with van der Waals surface area (Å²) in [4.78, 5) is 23.7. The van der Waals surface area contributed by atoms with E-state index in [0.717, 1.165) is 0 Å². The molecule has 2 saturated heterocycles. The number of esters is 1. The molecule has 0 aromatic carbocycles. The fourth-order valence-electron chi connectivity index (χ4n) is 1.78. The van der Waals surface area contributed by atoms with Crippen LogP contribution in [0.5, 0.6) is 0 Å². The first-order valence-corrected chi connectivity index (χ1v) is 5.49. The fourth-order valence-corrected chi connectivity index (χ4v) is 3.32. The van der Waals surface area contributed by atoms with Crippen LogP contribution in [0, 0.1) is 0 Å². The fraction of sp³-hybridized carbons (Fsp3) is 0.778. The van der Waals surface area contributed by atoms with E-state index in [1.54, 1.807) is 11.8 Å². The summed E-state index contributed by atoms with van der Waals surface area (Å²) < 4.78 is 4.88. The van der Waals surface area contributed by atoms with Gasteiger partial charge in [0.2, 0.25) is 5.91 Å². The number of hydrogen-bond donors (Lipinski definition) is 0. The van der Waals surface area contributed by atoms with Crippen molar-refractivity contribution in [2.45, 2.75) is 30.4 Å². The van der Waals surface area contributed by atoms with Crippen LogP contribution in [-0.2, 0) is 14.3 Å². The molecule has 2 heterocycles. The average molecular weight is 215 g/mol. The van der Waals surface area contributed by atoms with Crippen LogP contribution >= 0.6 is 11.8 Å². The van der Waals surface area contributed by atoms with Crippen molar-refractivity contribution in [3.05, 3.63) is 0 Å². The Morgan fingerprint density at radius 3 is 3.00 bits per heavy atom. The first-order chi connectivity index (χ1) is 6.50. The summed E-state index contributed by atoms with van der Waals surface area (Å²) in [5.41, 5.74) is 0. The quantitative estimate of drug-likeness (QED) is 0.500. The monoisotopic (exact) mass is 215 g/mol. The van der Waals surface area contributed by atoms with E-state index < -0.39 is 0 Å². The lowest BCUT2D eigenvalue weighted by molar-refractivity contribution is -0.142. The Labute approximate surface area is 87.0 Å². The van der Waals surface area contributed by atoms with Gasteiger partial charge in [-0.15, -0.1) is 11.8 Å². The molecule has 2 aliphatic heterocycles. The molecule has 2 rings (SSSR count). The number of fused-ring (bicyclic) bond motifs is 1. The van der Waals surface area contributed by atoms with Crippen molar-refractivity contribution in [2.24, 2.45) is 0 Å². The van der Waals surface area contributed by atoms with Crippen LogP contribution in [0.1, 0.15) is 20.3 Å². The molecule has 0 aliphatic carbocycles. The zero-order valence-electron chi connectivity index (χ0n) is 8.28. The third-order valence-electron chi connectivity index (χ3n) is 2.52. The van der Waals surface area contributed by atoms with Gasteiger partial charge in [0.25, 0.3) is 0 Å². The van der Waals surface area contributed by atoms with Gasteiger partial charge < -0.3 is 9.64 Å². The van der Waals surface area contributed by atoms with E-state index in [0.29, 0.717) is 24.9 Å². The molecule has 0 bridgehead atoms. The molecule has 0 N–H and O–H groups in total. The molecule has 0 saturated carbocycles. The van der Waals surface area contributed by atoms with Crippen molar-refractivity contribution in [1.82, 2.24) is 4.90 Å². The first-order valence-electron chi connectivity index (χ1n) is 4.61. The lowest BCUT2D eigenvalue weighted by Crippen LogP contribution is -2.48. The Hall–Kier alpha value is -0.710. The summed E-state index contributed by atoms with van der Waals surface area (Å²) in [5.74, 6) is -0.0403. The summed E-state index contributed by atoms with van der Waals surface area (Å²) in [5, 5.41) is 0.322. The van der Waals surface area contributed by atoms with Gasteiger partial charge >= 0.3 is 5.97 Å². The summed E-state index contributed by atoms with van der Waals surface area (Å²) in [6.07, 6.45) is 0.639.